The Morgan fingerprint density at radius 1 is 1.32 bits per heavy atom. The van der Waals surface area contributed by atoms with Gasteiger partial charge in [-0.1, -0.05) is 38.2 Å². The minimum atomic E-state index is -0.128. The molecule has 0 aliphatic heterocycles. The topological polar surface area (TPSA) is 59.3 Å². The van der Waals surface area contributed by atoms with Crippen molar-refractivity contribution >= 4 is 11.6 Å². The van der Waals surface area contributed by atoms with Gasteiger partial charge >= 0.3 is 0 Å². The first kappa shape index (κ1) is 15.0. The van der Waals surface area contributed by atoms with E-state index in [1.165, 1.54) is 32.1 Å². The molecule has 1 saturated carbocycles. The Labute approximate surface area is 131 Å². The molecule has 2 aromatic rings. The third-order valence-electron chi connectivity index (χ3n) is 4.61. The lowest BCUT2D eigenvalue weighted by molar-refractivity contribution is -0.122. The van der Waals surface area contributed by atoms with Crippen LogP contribution in [0, 0.1) is 5.92 Å². The zero-order chi connectivity index (χ0) is 15.4. The molecule has 22 heavy (non-hydrogen) atoms. The number of nitrogens with zero attached hydrogens (tertiary/aromatic N) is 3. The summed E-state index contributed by atoms with van der Waals surface area (Å²) in [6.07, 6.45) is 10.2. The molecule has 1 aliphatic rings. The number of rotatable bonds is 5. The van der Waals surface area contributed by atoms with E-state index in [4.69, 9.17) is 0 Å². The van der Waals surface area contributed by atoms with Crippen molar-refractivity contribution in [3.8, 4) is 0 Å². The van der Waals surface area contributed by atoms with Gasteiger partial charge in [0.25, 0.3) is 0 Å². The van der Waals surface area contributed by atoms with Crippen LogP contribution in [0.3, 0.4) is 0 Å². The van der Waals surface area contributed by atoms with Gasteiger partial charge in [-0.3, -0.25) is 9.20 Å². The highest BCUT2D eigenvalue weighted by molar-refractivity contribution is 5.76. The Morgan fingerprint density at radius 3 is 2.95 bits per heavy atom. The van der Waals surface area contributed by atoms with Crippen LogP contribution in [0.5, 0.6) is 0 Å². The average Bonchev–Trinajstić information content (AvgIpc) is 2.98. The summed E-state index contributed by atoms with van der Waals surface area (Å²) in [6.45, 7) is 1.96. The SMILES string of the molecule is CC(NC(=O)CCC1CCCCC1)c1nnc2ccccn12. The molecule has 1 atom stereocenters. The number of carbonyl (C=O) groups excluding carboxylic acids is 1. The summed E-state index contributed by atoms with van der Waals surface area (Å²) in [7, 11) is 0. The zero-order valence-electron chi connectivity index (χ0n) is 13.2. The van der Waals surface area contributed by atoms with Crippen LogP contribution in [-0.4, -0.2) is 20.5 Å². The predicted molar refractivity (Wildman–Crippen MR) is 85.4 cm³/mol. The number of hydrogen-bond acceptors (Lipinski definition) is 3. The van der Waals surface area contributed by atoms with Crippen LogP contribution in [0.4, 0.5) is 0 Å². The van der Waals surface area contributed by atoms with Crippen LogP contribution >= 0.6 is 0 Å². The molecular weight excluding hydrogens is 276 g/mol. The fourth-order valence-corrected chi connectivity index (χ4v) is 3.34. The highest BCUT2D eigenvalue weighted by atomic mass is 16.1. The van der Waals surface area contributed by atoms with E-state index in [0.717, 1.165) is 23.8 Å². The van der Waals surface area contributed by atoms with Crippen LogP contribution in [0.2, 0.25) is 0 Å². The number of aromatic nitrogens is 3. The van der Waals surface area contributed by atoms with E-state index in [-0.39, 0.29) is 11.9 Å². The van der Waals surface area contributed by atoms with Gasteiger partial charge in [-0.05, 0) is 31.4 Å². The van der Waals surface area contributed by atoms with Gasteiger partial charge in [0.05, 0.1) is 6.04 Å². The van der Waals surface area contributed by atoms with Crippen molar-refractivity contribution in [1.82, 2.24) is 19.9 Å². The number of nitrogens with one attached hydrogen (secondary N) is 1. The number of pyridine rings is 1. The summed E-state index contributed by atoms with van der Waals surface area (Å²) in [5, 5.41) is 11.4. The molecule has 5 heteroatoms. The molecule has 1 aliphatic carbocycles. The lowest BCUT2D eigenvalue weighted by Gasteiger charge is -2.21. The minimum Gasteiger partial charge on any atom is -0.346 e. The van der Waals surface area contributed by atoms with Crippen molar-refractivity contribution in [2.75, 3.05) is 0 Å². The molecule has 2 heterocycles. The molecule has 0 bridgehead atoms. The van der Waals surface area contributed by atoms with Crippen LogP contribution in [0.25, 0.3) is 5.65 Å². The minimum absolute atomic E-state index is 0.116. The molecule has 118 valence electrons. The summed E-state index contributed by atoms with van der Waals surface area (Å²) in [6, 6.07) is 5.66. The van der Waals surface area contributed by atoms with Gasteiger partial charge in [-0.15, -0.1) is 10.2 Å². The van der Waals surface area contributed by atoms with Crippen molar-refractivity contribution < 1.29 is 4.79 Å². The second-order valence-corrected chi connectivity index (χ2v) is 6.32. The molecule has 5 nitrogen and oxygen atoms in total. The Morgan fingerprint density at radius 2 is 2.14 bits per heavy atom. The van der Waals surface area contributed by atoms with Crippen molar-refractivity contribution in [2.24, 2.45) is 5.92 Å². The monoisotopic (exact) mass is 300 g/mol. The predicted octanol–water partition coefficient (Wildman–Crippen LogP) is 3.27. The Hall–Kier alpha value is -1.91. The zero-order valence-corrected chi connectivity index (χ0v) is 13.2. The fraction of sp³-hybridized carbons (Fsp3) is 0.588. The Kier molecular flexibility index (Phi) is 4.71. The van der Waals surface area contributed by atoms with Gasteiger partial charge in [0.2, 0.25) is 5.91 Å². The fourth-order valence-electron chi connectivity index (χ4n) is 3.34. The first-order valence-corrected chi connectivity index (χ1v) is 8.33. The van der Waals surface area contributed by atoms with Gasteiger partial charge in [-0.2, -0.15) is 0 Å². The third-order valence-corrected chi connectivity index (χ3v) is 4.61. The maximum Gasteiger partial charge on any atom is 0.220 e. The van der Waals surface area contributed by atoms with Crippen LogP contribution in [-0.2, 0) is 4.79 Å². The normalized spacial score (nSPS) is 17.5. The lowest BCUT2D eigenvalue weighted by Crippen LogP contribution is -2.28. The largest absolute Gasteiger partial charge is 0.346 e. The molecule has 1 unspecified atom stereocenters. The van der Waals surface area contributed by atoms with Crippen molar-refractivity contribution in [3.05, 3.63) is 30.2 Å². The summed E-state index contributed by atoms with van der Waals surface area (Å²) in [5.74, 6) is 1.64. The first-order chi connectivity index (χ1) is 10.7. The van der Waals surface area contributed by atoms with Gasteiger partial charge < -0.3 is 5.32 Å². The van der Waals surface area contributed by atoms with Crippen LogP contribution in [0.1, 0.15) is 63.7 Å². The molecule has 0 aromatic carbocycles. The molecule has 2 aromatic heterocycles. The van der Waals surface area contributed by atoms with Gasteiger partial charge in [-0.25, -0.2) is 0 Å². The number of carbonyl (C=O) groups is 1. The number of amides is 1. The quantitative estimate of drug-likeness (QED) is 0.922. The first-order valence-electron chi connectivity index (χ1n) is 8.33. The lowest BCUT2D eigenvalue weighted by atomic mass is 9.86. The summed E-state index contributed by atoms with van der Waals surface area (Å²) >= 11 is 0. The maximum atomic E-state index is 12.2. The van der Waals surface area contributed by atoms with E-state index >= 15 is 0 Å². The second-order valence-electron chi connectivity index (χ2n) is 6.32. The molecule has 0 saturated heterocycles. The highest BCUT2D eigenvalue weighted by Crippen LogP contribution is 2.27. The Balaban J connectivity index is 1.54. The highest BCUT2D eigenvalue weighted by Gasteiger charge is 2.18. The summed E-state index contributed by atoms with van der Waals surface area (Å²) < 4.78 is 1.92. The van der Waals surface area contributed by atoms with E-state index < -0.39 is 0 Å². The average molecular weight is 300 g/mol. The molecule has 1 fully saturated rings. The summed E-state index contributed by atoms with van der Waals surface area (Å²) in [5.41, 5.74) is 0.806. The molecule has 0 spiro atoms. The molecule has 1 amide bonds. The third kappa shape index (κ3) is 3.46. The van der Waals surface area contributed by atoms with Crippen LogP contribution < -0.4 is 5.32 Å². The van der Waals surface area contributed by atoms with Gasteiger partial charge in [0.1, 0.15) is 0 Å². The maximum absolute atomic E-state index is 12.2. The molecule has 1 N–H and O–H groups in total. The number of hydrogen-bond donors (Lipinski definition) is 1. The smallest absolute Gasteiger partial charge is 0.220 e. The van der Waals surface area contributed by atoms with Crippen molar-refractivity contribution in [1.29, 1.82) is 0 Å². The molecular formula is C17H24N4O. The standard InChI is InChI=1S/C17H24N4O/c1-13(17-20-19-15-9-5-6-12-21(15)17)18-16(22)11-10-14-7-3-2-4-8-14/h5-6,9,12-14H,2-4,7-8,10-11H2,1H3,(H,18,22). The van der Waals surface area contributed by atoms with Gasteiger partial charge in [0, 0.05) is 12.6 Å². The van der Waals surface area contributed by atoms with Crippen molar-refractivity contribution in [3.63, 3.8) is 0 Å². The molecule has 0 radical (unpaired) electrons. The second kappa shape index (κ2) is 6.90. The van der Waals surface area contributed by atoms with Gasteiger partial charge in [0.15, 0.2) is 11.5 Å². The van der Waals surface area contributed by atoms with Crippen molar-refractivity contribution in [2.45, 2.75) is 57.9 Å². The summed E-state index contributed by atoms with van der Waals surface area (Å²) in [4.78, 5) is 12.2. The van der Waals surface area contributed by atoms with E-state index in [1.54, 1.807) is 0 Å². The van der Waals surface area contributed by atoms with E-state index in [1.807, 2.05) is 35.7 Å². The molecule has 3 rings (SSSR count). The van der Waals surface area contributed by atoms with E-state index in [0.29, 0.717) is 6.42 Å². The Bertz CT molecular complexity index is 630. The number of fused-ring (bicyclic) bond motifs is 1. The van der Waals surface area contributed by atoms with E-state index in [2.05, 4.69) is 15.5 Å². The van der Waals surface area contributed by atoms with Crippen LogP contribution in [0.15, 0.2) is 24.4 Å². The van der Waals surface area contributed by atoms with E-state index in [9.17, 15) is 4.79 Å².